The Labute approximate surface area is 186 Å². The molecule has 6 aromatic rings. The van der Waals surface area contributed by atoms with Gasteiger partial charge in [0.2, 0.25) is 0 Å². The Hall–Kier alpha value is -3.70. The molecule has 1 atom stereocenters. The lowest BCUT2D eigenvalue weighted by Gasteiger charge is -2.19. The third-order valence-electron chi connectivity index (χ3n) is 7.40. The van der Waals surface area contributed by atoms with Crippen LogP contribution in [0.4, 0.5) is 0 Å². The minimum atomic E-state index is 0.406. The Bertz CT molecular complexity index is 1940. The summed E-state index contributed by atoms with van der Waals surface area (Å²) >= 11 is 2.00. The lowest BCUT2D eigenvalue weighted by Crippen LogP contribution is -2.19. The maximum absolute atomic E-state index is 4.65. The molecule has 4 nitrogen and oxygen atoms in total. The third-order valence-corrected chi connectivity index (χ3v) is 8.64. The van der Waals surface area contributed by atoms with Crippen molar-refractivity contribution >= 4 is 67.1 Å². The van der Waals surface area contributed by atoms with Crippen LogP contribution in [0.1, 0.15) is 21.9 Å². The number of nitrogens with zero attached hydrogens (tertiary/aromatic N) is 4. The molecule has 0 radical (unpaired) electrons. The zero-order valence-corrected chi connectivity index (χ0v) is 17.6. The number of benzene rings is 3. The highest BCUT2D eigenvalue weighted by Crippen LogP contribution is 2.57. The van der Waals surface area contributed by atoms with Gasteiger partial charge < -0.3 is 0 Å². The van der Waals surface area contributed by atoms with Gasteiger partial charge in [0.05, 0.1) is 22.3 Å². The van der Waals surface area contributed by atoms with Crippen molar-refractivity contribution in [2.24, 2.45) is 0 Å². The molecule has 0 amide bonds. The van der Waals surface area contributed by atoms with Crippen LogP contribution in [0, 0.1) is 0 Å². The van der Waals surface area contributed by atoms with Gasteiger partial charge in [0, 0.05) is 44.2 Å². The van der Waals surface area contributed by atoms with E-state index in [0.717, 1.165) is 23.0 Å². The Morgan fingerprint density at radius 1 is 0.938 bits per heavy atom. The molecule has 5 heteroatoms. The molecule has 1 unspecified atom stereocenters. The summed E-state index contributed by atoms with van der Waals surface area (Å²) in [6.07, 6.45) is 13.5. The number of pyridine rings is 1. The minimum absolute atomic E-state index is 0.406. The van der Waals surface area contributed by atoms with Gasteiger partial charge in [-0.1, -0.05) is 30.4 Å². The number of aromatic nitrogens is 4. The fourth-order valence-corrected chi connectivity index (χ4v) is 7.45. The van der Waals surface area contributed by atoms with E-state index in [1.165, 1.54) is 59.4 Å². The molecule has 0 saturated heterocycles. The Balaban J connectivity index is 1.62. The maximum atomic E-state index is 4.65. The average molecular weight is 427 g/mol. The average Bonchev–Trinajstić information content (AvgIpc) is 3.40. The van der Waals surface area contributed by atoms with E-state index in [2.05, 4.69) is 62.2 Å². The standard InChI is InChI=1S/C27H14N4S/c1-5-17-23-21-13(1)3-7-19-25(21)26-20(32-19)8-4-14-2-6-18(24(23)22(14)26)31(17)27-16-9-10-28-11-15(16)12-29-30-27/h1,3-12,19H,2H2. The van der Waals surface area contributed by atoms with Gasteiger partial charge in [-0.15, -0.1) is 16.9 Å². The highest BCUT2D eigenvalue weighted by Gasteiger charge is 2.34. The Kier molecular flexibility index (Phi) is 2.60. The molecule has 0 bridgehead atoms. The van der Waals surface area contributed by atoms with E-state index in [9.17, 15) is 0 Å². The molecule has 32 heavy (non-hydrogen) atoms. The van der Waals surface area contributed by atoms with E-state index >= 15 is 0 Å². The van der Waals surface area contributed by atoms with Crippen LogP contribution in [-0.4, -0.2) is 19.7 Å². The molecule has 2 aliphatic carbocycles. The van der Waals surface area contributed by atoms with Crippen molar-refractivity contribution in [3.63, 3.8) is 0 Å². The van der Waals surface area contributed by atoms with E-state index in [1.807, 2.05) is 30.2 Å². The van der Waals surface area contributed by atoms with Gasteiger partial charge in [-0.2, -0.15) is 5.10 Å². The molecule has 1 aliphatic heterocycles. The molecule has 3 aromatic carbocycles. The zero-order valence-electron chi connectivity index (χ0n) is 16.8. The normalized spacial score (nSPS) is 17.6. The molecular formula is C27H14N4S. The molecule has 0 spiro atoms. The topological polar surface area (TPSA) is 43.6 Å². The number of fused-ring (bicyclic) bond motifs is 1. The van der Waals surface area contributed by atoms with Gasteiger partial charge in [-0.25, -0.2) is 0 Å². The number of hydrogen-bond donors (Lipinski definition) is 0. The largest absolute Gasteiger partial charge is 0.292 e. The summed E-state index contributed by atoms with van der Waals surface area (Å²) in [5.74, 6) is 0.881. The van der Waals surface area contributed by atoms with Gasteiger partial charge in [0.15, 0.2) is 5.82 Å². The summed E-state index contributed by atoms with van der Waals surface area (Å²) < 4.78 is 2.34. The van der Waals surface area contributed by atoms with Gasteiger partial charge in [-0.3, -0.25) is 9.55 Å². The Morgan fingerprint density at radius 2 is 1.94 bits per heavy atom. The van der Waals surface area contributed by atoms with Crippen LogP contribution >= 0.6 is 11.8 Å². The lowest BCUT2D eigenvalue weighted by molar-refractivity contribution is 0.937. The smallest absolute Gasteiger partial charge is 0.168 e. The zero-order chi connectivity index (χ0) is 20.6. The van der Waals surface area contributed by atoms with E-state index in [0.29, 0.717) is 5.25 Å². The van der Waals surface area contributed by atoms with E-state index in [1.54, 1.807) is 6.20 Å². The molecular weight excluding hydrogens is 412 g/mol. The van der Waals surface area contributed by atoms with Crippen LogP contribution in [0.3, 0.4) is 0 Å². The fourth-order valence-electron chi connectivity index (χ4n) is 6.18. The minimum Gasteiger partial charge on any atom is -0.292 e. The van der Waals surface area contributed by atoms with Crippen molar-refractivity contribution in [1.82, 2.24) is 19.7 Å². The summed E-state index contributed by atoms with van der Waals surface area (Å²) in [6.45, 7) is 0. The van der Waals surface area contributed by atoms with Crippen molar-refractivity contribution in [3.05, 3.63) is 77.0 Å². The van der Waals surface area contributed by atoms with Crippen LogP contribution < -0.4 is 5.35 Å². The van der Waals surface area contributed by atoms with E-state index < -0.39 is 0 Å². The third kappa shape index (κ3) is 1.64. The van der Waals surface area contributed by atoms with Gasteiger partial charge in [-0.05, 0) is 52.1 Å². The van der Waals surface area contributed by atoms with Crippen LogP contribution in [0.25, 0.3) is 61.2 Å². The predicted molar refractivity (Wildman–Crippen MR) is 130 cm³/mol. The van der Waals surface area contributed by atoms with Crippen molar-refractivity contribution in [2.45, 2.75) is 16.6 Å². The molecule has 4 heterocycles. The first-order chi connectivity index (χ1) is 15.9. The van der Waals surface area contributed by atoms with Gasteiger partial charge in [0.25, 0.3) is 0 Å². The highest BCUT2D eigenvalue weighted by atomic mass is 32.2. The molecule has 0 N–H and O–H groups in total. The second-order valence-corrected chi connectivity index (χ2v) is 10.0. The predicted octanol–water partition coefficient (Wildman–Crippen LogP) is 5.50. The molecule has 0 saturated carbocycles. The summed E-state index contributed by atoms with van der Waals surface area (Å²) in [6, 6.07) is 11.3. The van der Waals surface area contributed by atoms with Crippen LogP contribution in [0.2, 0.25) is 0 Å². The molecule has 148 valence electrons. The molecule has 3 aliphatic rings. The quantitative estimate of drug-likeness (QED) is 0.326. The van der Waals surface area contributed by atoms with Crippen LogP contribution in [0.5, 0.6) is 0 Å². The van der Waals surface area contributed by atoms with Crippen LogP contribution in [-0.2, 0) is 6.42 Å². The monoisotopic (exact) mass is 426 g/mol. The number of thioether (sulfide) groups is 1. The van der Waals surface area contributed by atoms with Crippen molar-refractivity contribution in [3.8, 4) is 5.82 Å². The molecule has 0 fully saturated rings. The van der Waals surface area contributed by atoms with E-state index in [4.69, 9.17) is 0 Å². The van der Waals surface area contributed by atoms with Crippen LogP contribution in [0.15, 0.2) is 59.9 Å². The summed E-state index contributed by atoms with van der Waals surface area (Å²) in [4.78, 5) is 5.71. The second-order valence-electron chi connectivity index (χ2n) is 8.84. The summed E-state index contributed by atoms with van der Waals surface area (Å²) in [5.41, 5.74) is 5.48. The fraction of sp³-hybridized carbons (Fsp3) is 0.0741. The summed E-state index contributed by atoms with van der Waals surface area (Å²) in [5, 5.41) is 19.8. The second kappa shape index (κ2) is 5.19. The SMILES string of the molecule is C1=CC2Sc3ccc4c5c3c2c2c1ccc1c2c5c(n1-c1nncc2cnccc12)=CC4. The van der Waals surface area contributed by atoms with Crippen molar-refractivity contribution in [2.75, 3.05) is 0 Å². The van der Waals surface area contributed by atoms with Crippen molar-refractivity contribution < 1.29 is 0 Å². The van der Waals surface area contributed by atoms with Gasteiger partial charge in [0.1, 0.15) is 0 Å². The molecule has 9 rings (SSSR count). The van der Waals surface area contributed by atoms with Crippen molar-refractivity contribution in [1.29, 1.82) is 0 Å². The van der Waals surface area contributed by atoms with E-state index in [-0.39, 0.29) is 0 Å². The number of hydrogen-bond acceptors (Lipinski definition) is 4. The molecule has 3 aromatic heterocycles. The first kappa shape index (κ1) is 16.0. The van der Waals surface area contributed by atoms with Gasteiger partial charge >= 0.3 is 0 Å². The number of rotatable bonds is 1. The summed E-state index contributed by atoms with van der Waals surface area (Å²) in [7, 11) is 0. The first-order valence-electron chi connectivity index (χ1n) is 10.9. The maximum Gasteiger partial charge on any atom is 0.168 e. The Morgan fingerprint density at radius 3 is 2.94 bits per heavy atom. The first-order valence-corrected chi connectivity index (χ1v) is 11.8. The lowest BCUT2D eigenvalue weighted by atomic mass is 9.84. The highest BCUT2D eigenvalue weighted by molar-refractivity contribution is 8.00.